The molecule has 0 saturated heterocycles. The van der Waals surface area contributed by atoms with Crippen molar-refractivity contribution in [3.8, 4) is 6.07 Å². The summed E-state index contributed by atoms with van der Waals surface area (Å²) in [5.41, 5.74) is 0.0459. The van der Waals surface area contributed by atoms with E-state index in [1.54, 1.807) is 0 Å². The summed E-state index contributed by atoms with van der Waals surface area (Å²) in [6, 6.07) is 9.92. The number of benzene rings is 1. The molecular weight excluding hydrogens is 337 g/mol. The second-order valence-corrected chi connectivity index (χ2v) is 5.27. The first-order valence-corrected chi connectivity index (χ1v) is 7.09. The monoisotopic (exact) mass is 350 g/mol. The molecule has 0 unspecified atom stereocenters. The smallest absolute Gasteiger partial charge is 0.324 e. The first-order chi connectivity index (χ1) is 11.7. The third-order valence-electron chi connectivity index (χ3n) is 3.29. The summed E-state index contributed by atoms with van der Waals surface area (Å²) in [7, 11) is 1.30. The number of hydrogen-bond donors (Lipinski definition) is 0. The average molecular weight is 350 g/mol. The predicted molar refractivity (Wildman–Crippen MR) is 81.4 cm³/mol. The van der Waals surface area contributed by atoms with Gasteiger partial charge in [0.15, 0.2) is 0 Å². The summed E-state index contributed by atoms with van der Waals surface area (Å²) >= 11 is 0. The Morgan fingerprint density at radius 2 is 1.88 bits per heavy atom. The molecule has 1 heterocycles. The second kappa shape index (κ2) is 7.17. The lowest BCUT2D eigenvalue weighted by Gasteiger charge is -2.23. The van der Waals surface area contributed by atoms with Crippen LogP contribution in [0.25, 0.3) is 0 Å². The molecule has 1 aromatic heterocycles. The van der Waals surface area contributed by atoms with E-state index in [0.29, 0.717) is 16.0 Å². The van der Waals surface area contributed by atoms with Crippen LogP contribution in [0, 0.1) is 11.3 Å². The molecule has 0 radical (unpaired) electrons. The third kappa shape index (κ3) is 4.91. The van der Waals surface area contributed by atoms with E-state index in [1.807, 2.05) is 6.07 Å². The van der Waals surface area contributed by atoms with Gasteiger partial charge in [-0.3, -0.25) is 9.59 Å². The molecule has 0 aliphatic carbocycles. The van der Waals surface area contributed by atoms with E-state index in [9.17, 15) is 22.8 Å². The number of nitriles is 1. The second-order valence-electron chi connectivity index (χ2n) is 5.27. The van der Waals surface area contributed by atoms with Gasteiger partial charge in [-0.15, -0.1) is 0 Å². The van der Waals surface area contributed by atoms with E-state index in [-0.39, 0.29) is 12.2 Å². The number of carbonyl (C=O) groups excluding carboxylic acids is 1. The molecule has 0 atom stereocenters. The Morgan fingerprint density at radius 1 is 1.24 bits per heavy atom. The molecule has 9 heteroatoms. The molecule has 6 nitrogen and oxygen atoms in total. The lowest BCUT2D eigenvalue weighted by atomic mass is 10.1. The van der Waals surface area contributed by atoms with E-state index < -0.39 is 24.2 Å². The highest BCUT2D eigenvalue weighted by Crippen LogP contribution is 2.19. The fraction of sp³-hybridized carbons (Fsp3) is 0.250. The minimum absolute atomic E-state index is 0.264. The molecule has 0 fully saturated rings. The maximum Gasteiger partial charge on any atom is 0.406 e. The van der Waals surface area contributed by atoms with Crippen molar-refractivity contribution in [1.82, 2.24) is 14.7 Å². The van der Waals surface area contributed by atoms with Crippen molar-refractivity contribution in [2.75, 3.05) is 6.54 Å². The number of halogens is 3. The van der Waals surface area contributed by atoms with Crippen LogP contribution in [0.15, 0.2) is 41.2 Å². The van der Waals surface area contributed by atoms with Crippen molar-refractivity contribution in [1.29, 1.82) is 5.26 Å². The minimum atomic E-state index is -4.59. The van der Waals surface area contributed by atoms with Crippen molar-refractivity contribution in [3.63, 3.8) is 0 Å². The Bertz CT molecular complexity index is 867. The van der Waals surface area contributed by atoms with Gasteiger partial charge in [0.05, 0.1) is 11.6 Å². The normalized spacial score (nSPS) is 11.0. The SMILES string of the molecule is Cn1nc(C(=O)N(Cc2ccc(C#N)cc2)CC(F)(F)F)ccc1=O. The highest BCUT2D eigenvalue weighted by atomic mass is 19.4. The van der Waals surface area contributed by atoms with Crippen LogP contribution in [0.3, 0.4) is 0 Å². The summed E-state index contributed by atoms with van der Waals surface area (Å²) in [4.78, 5) is 24.3. The number of hydrogen-bond acceptors (Lipinski definition) is 4. The molecular formula is C16H13F3N4O2. The van der Waals surface area contributed by atoms with Gasteiger partial charge in [-0.2, -0.15) is 23.5 Å². The molecule has 1 aromatic carbocycles. The van der Waals surface area contributed by atoms with Crippen LogP contribution in [0.5, 0.6) is 0 Å². The zero-order valence-electron chi connectivity index (χ0n) is 13.1. The number of carbonyl (C=O) groups is 1. The topological polar surface area (TPSA) is 79.0 Å². The lowest BCUT2D eigenvalue weighted by molar-refractivity contribution is -0.141. The number of aromatic nitrogens is 2. The summed E-state index contributed by atoms with van der Waals surface area (Å²) in [5, 5.41) is 12.4. The largest absolute Gasteiger partial charge is 0.406 e. The predicted octanol–water partition coefficient (Wildman–Crippen LogP) is 1.86. The lowest BCUT2D eigenvalue weighted by Crippen LogP contribution is -2.39. The molecule has 0 N–H and O–H groups in total. The molecule has 0 aliphatic rings. The van der Waals surface area contributed by atoms with Gasteiger partial charge in [-0.05, 0) is 23.8 Å². The fourth-order valence-corrected chi connectivity index (χ4v) is 2.10. The van der Waals surface area contributed by atoms with Crippen molar-refractivity contribution in [2.24, 2.45) is 7.05 Å². The average Bonchev–Trinajstić information content (AvgIpc) is 2.55. The Labute approximate surface area is 140 Å². The molecule has 2 aromatic rings. The third-order valence-corrected chi connectivity index (χ3v) is 3.29. The van der Waals surface area contributed by atoms with E-state index in [2.05, 4.69) is 5.10 Å². The molecule has 0 aliphatic heterocycles. The van der Waals surface area contributed by atoms with Gasteiger partial charge in [0.1, 0.15) is 12.2 Å². The van der Waals surface area contributed by atoms with Gasteiger partial charge in [-0.1, -0.05) is 12.1 Å². The Hall–Kier alpha value is -3.15. The van der Waals surface area contributed by atoms with Crippen molar-refractivity contribution in [2.45, 2.75) is 12.7 Å². The summed E-state index contributed by atoms with van der Waals surface area (Å²) in [6.45, 7) is -1.77. The van der Waals surface area contributed by atoms with Crippen LogP contribution in [0.2, 0.25) is 0 Å². The van der Waals surface area contributed by atoms with Gasteiger partial charge >= 0.3 is 6.18 Å². The maximum atomic E-state index is 12.8. The van der Waals surface area contributed by atoms with Crippen LogP contribution in [-0.2, 0) is 13.6 Å². The zero-order chi connectivity index (χ0) is 18.6. The van der Waals surface area contributed by atoms with Crippen molar-refractivity contribution < 1.29 is 18.0 Å². The molecule has 0 spiro atoms. The Kier molecular flexibility index (Phi) is 5.22. The molecule has 0 bridgehead atoms. The number of rotatable bonds is 4. The molecule has 130 valence electrons. The van der Waals surface area contributed by atoms with Crippen LogP contribution in [0.4, 0.5) is 13.2 Å². The maximum absolute atomic E-state index is 12.8. The molecule has 0 saturated carbocycles. The van der Waals surface area contributed by atoms with Crippen molar-refractivity contribution in [3.05, 3.63) is 63.6 Å². The van der Waals surface area contributed by atoms with Crippen LogP contribution in [0.1, 0.15) is 21.6 Å². The summed E-state index contributed by atoms with van der Waals surface area (Å²) in [6.07, 6.45) is -4.59. The standard InChI is InChI=1S/C16H13F3N4O2/c1-22-14(24)7-6-13(21-22)15(25)23(10-16(17,18)19)9-12-4-2-11(8-20)3-5-12/h2-7H,9-10H2,1H3. The van der Waals surface area contributed by atoms with E-state index in [4.69, 9.17) is 5.26 Å². The molecule has 1 amide bonds. The fourth-order valence-electron chi connectivity index (χ4n) is 2.10. The first-order valence-electron chi connectivity index (χ1n) is 7.09. The summed E-state index contributed by atoms with van der Waals surface area (Å²) in [5.74, 6) is -0.947. The van der Waals surface area contributed by atoms with Crippen LogP contribution < -0.4 is 5.56 Å². The van der Waals surface area contributed by atoms with Gasteiger partial charge < -0.3 is 4.90 Å². The van der Waals surface area contributed by atoms with E-state index in [1.165, 1.54) is 31.3 Å². The molecule has 2 rings (SSSR count). The minimum Gasteiger partial charge on any atom is -0.324 e. The van der Waals surface area contributed by atoms with Gasteiger partial charge in [-0.25, -0.2) is 4.68 Å². The summed E-state index contributed by atoms with van der Waals surface area (Å²) < 4.78 is 39.4. The Morgan fingerprint density at radius 3 is 2.40 bits per heavy atom. The number of alkyl halides is 3. The highest BCUT2D eigenvalue weighted by molar-refractivity contribution is 5.92. The van der Waals surface area contributed by atoms with Gasteiger partial charge in [0, 0.05) is 19.7 Å². The number of amides is 1. The number of nitrogens with zero attached hydrogens (tertiary/aromatic N) is 4. The quantitative estimate of drug-likeness (QED) is 0.843. The number of aryl methyl sites for hydroxylation is 1. The van der Waals surface area contributed by atoms with E-state index >= 15 is 0 Å². The molecule has 25 heavy (non-hydrogen) atoms. The van der Waals surface area contributed by atoms with Crippen LogP contribution in [-0.4, -0.2) is 33.3 Å². The van der Waals surface area contributed by atoms with Gasteiger partial charge in [0.2, 0.25) is 0 Å². The van der Waals surface area contributed by atoms with Gasteiger partial charge in [0.25, 0.3) is 11.5 Å². The first kappa shape index (κ1) is 18.2. The van der Waals surface area contributed by atoms with E-state index in [0.717, 1.165) is 16.8 Å². The Balaban J connectivity index is 2.30. The van der Waals surface area contributed by atoms with Crippen molar-refractivity contribution >= 4 is 5.91 Å². The zero-order valence-corrected chi connectivity index (χ0v) is 13.1. The van der Waals surface area contributed by atoms with Crippen LogP contribution >= 0.6 is 0 Å². The highest BCUT2D eigenvalue weighted by Gasteiger charge is 2.34.